The van der Waals surface area contributed by atoms with Crippen molar-refractivity contribution in [1.29, 1.82) is 0 Å². The molecule has 0 heterocycles. The number of nitrogens with zero attached hydrogens (tertiary/aromatic N) is 1. The van der Waals surface area contributed by atoms with Crippen LogP contribution in [0.1, 0.15) is 37.0 Å². The molecule has 0 aromatic heterocycles. The van der Waals surface area contributed by atoms with Gasteiger partial charge in [-0.3, -0.25) is 14.5 Å². The van der Waals surface area contributed by atoms with Crippen LogP contribution in [0.15, 0.2) is 18.2 Å². The van der Waals surface area contributed by atoms with E-state index in [9.17, 15) is 9.59 Å². The van der Waals surface area contributed by atoms with E-state index in [2.05, 4.69) is 5.32 Å². The average Bonchev–Trinajstić information content (AvgIpc) is 2.56. The summed E-state index contributed by atoms with van der Waals surface area (Å²) in [7, 11) is 1.54. The summed E-state index contributed by atoms with van der Waals surface area (Å²) in [5.41, 5.74) is 0.515. The molecule has 2 rings (SSSR count). The van der Waals surface area contributed by atoms with Gasteiger partial charge in [0.15, 0.2) is 11.5 Å². The Morgan fingerprint density at radius 1 is 1.28 bits per heavy atom. The fourth-order valence-electron chi connectivity index (χ4n) is 3.03. The van der Waals surface area contributed by atoms with Gasteiger partial charge in [-0.1, -0.05) is 6.92 Å². The molecule has 0 bridgehead atoms. The topological polar surface area (TPSA) is 88.1 Å². The maximum atomic E-state index is 12.4. The number of carboxylic acids is 1. The third-order valence-corrected chi connectivity index (χ3v) is 4.43. The second-order valence-electron chi connectivity index (χ2n) is 6.05. The van der Waals surface area contributed by atoms with Gasteiger partial charge in [-0.2, -0.15) is 0 Å². The largest absolute Gasteiger partial charge is 0.493 e. The lowest BCUT2D eigenvalue weighted by molar-refractivity contribution is -0.139. The van der Waals surface area contributed by atoms with Crippen LogP contribution in [0, 0.1) is 0 Å². The van der Waals surface area contributed by atoms with E-state index in [4.69, 9.17) is 14.6 Å². The number of ether oxygens (including phenoxy) is 2. The van der Waals surface area contributed by atoms with Crippen LogP contribution >= 0.6 is 0 Å². The molecule has 0 spiro atoms. The van der Waals surface area contributed by atoms with Crippen molar-refractivity contribution in [2.75, 3.05) is 26.8 Å². The SMILES string of the molecule is CCOc1ccc(C(=O)NC2CC(N(CC)CC(=O)O)C2)cc1OC. The minimum atomic E-state index is -0.823. The lowest BCUT2D eigenvalue weighted by Crippen LogP contribution is -2.54. The lowest BCUT2D eigenvalue weighted by Gasteiger charge is -2.42. The van der Waals surface area contributed by atoms with Gasteiger partial charge in [-0.25, -0.2) is 0 Å². The molecule has 7 heteroatoms. The molecule has 7 nitrogen and oxygen atoms in total. The highest BCUT2D eigenvalue weighted by Gasteiger charge is 2.34. The van der Waals surface area contributed by atoms with E-state index >= 15 is 0 Å². The number of likely N-dealkylation sites (N-methyl/N-ethyl adjacent to an activating group) is 1. The highest BCUT2D eigenvalue weighted by molar-refractivity contribution is 5.95. The van der Waals surface area contributed by atoms with Crippen molar-refractivity contribution in [2.45, 2.75) is 38.8 Å². The van der Waals surface area contributed by atoms with Crippen LogP contribution < -0.4 is 14.8 Å². The molecule has 1 saturated carbocycles. The van der Waals surface area contributed by atoms with Crippen LogP contribution in [0.25, 0.3) is 0 Å². The van der Waals surface area contributed by atoms with E-state index in [0.717, 1.165) is 12.8 Å². The Labute approximate surface area is 147 Å². The van der Waals surface area contributed by atoms with E-state index in [1.165, 1.54) is 7.11 Å². The zero-order chi connectivity index (χ0) is 18.4. The zero-order valence-corrected chi connectivity index (χ0v) is 14.9. The first kappa shape index (κ1) is 19.1. The Bertz CT molecular complexity index is 613. The van der Waals surface area contributed by atoms with Crippen LogP contribution in [0.4, 0.5) is 0 Å². The van der Waals surface area contributed by atoms with Gasteiger partial charge in [0, 0.05) is 17.6 Å². The van der Waals surface area contributed by atoms with Gasteiger partial charge in [-0.15, -0.1) is 0 Å². The number of nitrogens with one attached hydrogen (secondary N) is 1. The van der Waals surface area contributed by atoms with Gasteiger partial charge in [0.2, 0.25) is 0 Å². The standard InChI is InChI=1S/C18H26N2O5/c1-4-20(11-17(21)22)14-9-13(10-14)19-18(23)12-6-7-15(25-5-2)16(8-12)24-3/h6-8,13-14H,4-5,9-11H2,1-3H3,(H,19,23)(H,21,22). The normalized spacial score (nSPS) is 19.2. The molecule has 2 N–H and O–H groups in total. The third kappa shape index (κ3) is 4.85. The molecular formula is C18H26N2O5. The van der Waals surface area contributed by atoms with Crippen molar-refractivity contribution in [2.24, 2.45) is 0 Å². The van der Waals surface area contributed by atoms with Gasteiger partial charge in [-0.05, 0) is 44.5 Å². The summed E-state index contributed by atoms with van der Waals surface area (Å²) in [6.45, 7) is 5.08. The fraction of sp³-hybridized carbons (Fsp3) is 0.556. The van der Waals surface area contributed by atoms with Crippen LogP contribution in [-0.4, -0.2) is 60.8 Å². The summed E-state index contributed by atoms with van der Waals surface area (Å²) in [5, 5.41) is 11.9. The molecule has 1 aromatic carbocycles. The number of carbonyl (C=O) groups is 2. The summed E-state index contributed by atoms with van der Waals surface area (Å²) in [6, 6.07) is 5.38. The van der Waals surface area contributed by atoms with Crippen LogP contribution in [0.5, 0.6) is 11.5 Å². The summed E-state index contributed by atoms with van der Waals surface area (Å²) in [4.78, 5) is 25.2. The quantitative estimate of drug-likeness (QED) is 0.706. The molecule has 1 aliphatic rings. The first-order chi connectivity index (χ1) is 12.0. The van der Waals surface area contributed by atoms with Crippen molar-refractivity contribution >= 4 is 11.9 Å². The van der Waals surface area contributed by atoms with Gasteiger partial charge in [0.1, 0.15) is 0 Å². The first-order valence-corrected chi connectivity index (χ1v) is 8.56. The molecule has 0 saturated heterocycles. The number of amides is 1. The highest BCUT2D eigenvalue weighted by atomic mass is 16.5. The Kier molecular flexibility index (Phi) is 6.64. The van der Waals surface area contributed by atoms with Crippen LogP contribution in [-0.2, 0) is 4.79 Å². The molecule has 0 atom stereocenters. The number of carbonyl (C=O) groups excluding carboxylic acids is 1. The summed E-state index contributed by atoms with van der Waals surface area (Å²) in [5.74, 6) is 0.152. The van der Waals surface area contributed by atoms with Crippen molar-refractivity contribution in [1.82, 2.24) is 10.2 Å². The molecule has 25 heavy (non-hydrogen) atoms. The van der Waals surface area contributed by atoms with Crippen molar-refractivity contribution in [3.05, 3.63) is 23.8 Å². The van der Waals surface area contributed by atoms with Gasteiger partial charge >= 0.3 is 5.97 Å². The van der Waals surface area contributed by atoms with Gasteiger partial charge in [0.25, 0.3) is 5.91 Å². The maximum Gasteiger partial charge on any atom is 0.317 e. The fourth-order valence-corrected chi connectivity index (χ4v) is 3.03. The first-order valence-electron chi connectivity index (χ1n) is 8.56. The third-order valence-electron chi connectivity index (χ3n) is 4.43. The number of hydrogen-bond donors (Lipinski definition) is 2. The van der Waals surface area contributed by atoms with E-state index in [0.29, 0.717) is 30.2 Å². The Morgan fingerprint density at radius 2 is 2.00 bits per heavy atom. The molecule has 1 aromatic rings. The minimum absolute atomic E-state index is 0.0396. The molecule has 1 fully saturated rings. The molecule has 0 radical (unpaired) electrons. The molecular weight excluding hydrogens is 324 g/mol. The summed E-state index contributed by atoms with van der Waals surface area (Å²) < 4.78 is 10.7. The average molecular weight is 350 g/mol. The second-order valence-corrected chi connectivity index (χ2v) is 6.05. The van der Waals surface area contributed by atoms with E-state index in [1.807, 2.05) is 18.7 Å². The van der Waals surface area contributed by atoms with Gasteiger partial charge < -0.3 is 19.9 Å². The highest BCUT2D eigenvalue weighted by Crippen LogP contribution is 2.29. The van der Waals surface area contributed by atoms with Crippen LogP contribution in [0.2, 0.25) is 0 Å². The number of carboxylic acid groups (broad SMARTS) is 1. The van der Waals surface area contributed by atoms with Crippen LogP contribution in [0.3, 0.4) is 0 Å². The number of methoxy groups -OCH3 is 1. The Morgan fingerprint density at radius 3 is 2.56 bits per heavy atom. The molecule has 0 unspecified atom stereocenters. The monoisotopic (exact) mass is 350 g/mol. The smallest absolute Gasteiger partial charge is 0.317 e. The molecule has 138 valence electrons. The van der Waals surface area contributed by atoms with Crippen molar-refractivity contribution in [3.63, 3.8) is 0 Å². The summed E-state index contributed by atoms with van der Waals surface area (Å²) in [6.07, 6.45) is 1.53. The van der Waals surface area contributed by atoms with Crippen molar-refractivity contribution in [3.8, 4) is 11.5 Å². The number of aliphatic carboxylic acids is 1. The molecule has 1 aliphatic carbocycles. The number of benzene rings is 1. The summed E-state index contributed by atoms with van der Waals surface area (Å²) >= 11 is 0. The lowest BCUT2D eigenvalue weighted by atomic mass is 9.85. The Balaban J connectivity index is 1.90. The van der Waals surface area contributed by atoms with Gasteiger partial charge in [0.05, 0.1) is 20.3 Å². The van der Waals surface area contributed by atoms with E-state index < -0.39 is 5.97 Å². The maximum absolute atomic E-state index is 12.4. The minimum Gasteiger partial charge on any atom is -0.493 e. The second kappa shape index (κ2) is 8.71. The van der Waals surface area contributed by atoms with E-state index in [1.54, 1.807) is 18.2 Å². The molecule has 1 amide bonds. The predicted molar refractivity (Wildman–Crippen MR) is 93.3 cm³/mol. The number of rotatable bonds is 9. The molecule has 0 aliphatic heterocycles. The zero-order valence-electron chi connectivity index (χ0n) is 14.9. The van der Waals surface area contributed by atoms with E-state index in [-0.39, 0.29) is 24.5 Å². The predicted octanol–water partition coefficient (Wildman–Crippen LogP) is 1.76. The number of hydrogen-bond acceptors (Lipinski definition) is 5. The van der Waals surface area contributed by atoms with Crippen molar-refractivity contribution < 1.29 is 24.2 Å². The Hall–Kier alpha value is -2.28.